The summed E-state index contributed by atoms with van der Waals surface area (Å²) in [4.78, 5) is 25.0. The Morgan fingerprint density at radius 1 is 1.39 bits per heavy atom. The Bertz CT molecular complexity index is 801. The maximum Gasteiger partial charge on any atom is 0.390 e. The van der Waals surface area contributed by atoms with E-state index in [0.29, 0.717) is 12.0 Å². The Balaban J connectivity index is 2.60. The summed E-state index contributed by atoms with van der Waals surface area (Å²) >= 11 is 0. The van der Waals surface area contributed by atoms with Crippen molar-refractivity contribution in [2.45, 2.75) is 76.1 Å². The molecule has 3 unspecified atom stereocenters. The summed E-state index contributed by atoms with van der Waals surface area (Å²) in [6, 6.07) is 3.99. The normalized spacial score (nSPS) is 27.1. The van der Waals surface area contributed by atoms with Gasteiger partial charge < -0.3 is 10.2 Å². The predicted molar refractivity (Wildman–Crippen MR) is 110 cm³/mol. The van der Waals surface area contributed by atoms with Crippen LogP contribution < -0.4 is 5.32 Å². The molecule has 1 fully saturated rings. The monoisotopic (exact) mass is 444 g/mol. The van der Waals surface area contributed by atoms with Gasteiger partial charge >= 0.3 is 6.18 Å². The number of aromatic hydroxyl groups is 1. The third-order valence-corrected chi connectivity index (χ3v) is 6.63. The maximum atomic E-state index is 12.8. The first-order valence-corrected chi connectivity index (χ1v) is 10.5. The highest BCUT2D eigenvalue weighted by molar-refractivity contribution is 5.87. The average molecular weight is 444 g/mol. The molecule has 174 valence electrons. The van der Waals surface area contributed by atoms with Crippen LogP contribution in [0.4, 0.5) is 13.2 Å². The van der Waals surface area contributed by atoms with Crippen LogP contribution in [0, 0.1) is 6.92 Å². The van der Waals surface area contributed by atoms with E-state index in [2.05, 4.69) is 5.32 Å². The number of hydrogen-bond donors (Lipinski definition) is 3. The highest BCUT2D eigenvalue weighted by atomic mass is 19.4. The van der Waals surface area contributed by atoms with Gasteiger partial charge in [-0.3, -0.25) is 19.8 Å². The maximum absolute atomic E-state index is 12.8. The Morgan fingerprint density at radius 2 is 2.06 bits per heavy atom. The predicted octanol–water partition coefficient (Wildman–Crippen LogP) is 3.18. The van der Waals surface area contributed by atoms with E-state index >= 15 is 0 Å². The van der Waals surface area contributed by atoms with Crippen molar-refractivity contribution in [3.63, 3.8) is 0 Å². The molecular weight excluding hydrogens is 413 g/mol. The van der Waals surface area contributed by atoms with Crippen molar-refractivity contribution in [2.75, 3.05) is 13.1 Å². The lowest BCUT2D eigenvalue weighted by Gasteiger charge is -2.58. The van der Waals surface area contributed by atoms with Gasteiger partial charge in [0.15, 0.2) is 0 Å². The van der Waals surface area contributed by atoms with Crippen LogP contribution in [0.5, 0.6) is 5.75 Å². The van der Waals surface area contributed by atoms with E-state index in [1.165, 1.54) is 12.1 Å². The van der Waals surface area contributed by atoms with Gasteiger partial charge in [0.2, 0.25) is 12.3 Å². The minimum atomic E-state index is -4.32. The number of hydrogen-bond acceptors (Lipinski definition) is 5. The van der Waals surface area contributed by atoms with Crippen molar-refractivity contribution in [3.05, 3.63) is 29.3 Å². The van der Waals surface area contributed by atoms with Crippen LogP contribution in [-0.2, 0) is 15.0 Å². The number of phenolic OH excluding ortho intramolecular Hbond substituents is 1. The molecule has 2 amide bonds. The fourth-order valence-electron chi connectivity index (χ4n) is 5.07. The van der Waals surface area contributed by atoms with Gasteiger partial charge in [-0.25, -0.2) is 0 Å². The number of benzene rings is 1. The minimum Gasteiger partial charge on any atom is -0.508 e. The number of phenols is 1. The van der Waals surface area contributed by atoms with Gasteiger partial charge in [0.25, 0.3) is 0 Å². The molecule has 1 aromatic rings. The molecule has 0 saturated carbocycles. The zero-order valence-electron chi connectivity index (χ0n) is 18.1. The van der Waals surface area contributed by atoms with Gasteiger partial charge in [-0.1, -0.05) is 19.4 Å². The summed E-state index contributed by atoms with van der Waals surface area (Å²) in [7, 11) is 0. The van der Waals surface area contributed by atoms with Gasteiger partial charge in [-0.05, 0) is 56.5 Å². The number of alkyl halides is 3. The van der Waals surface area contributed by atoms with Gasteiger partial charge in [-0.15, -0.1) is 0 Å². The average Bonchev–Trinajstić information content (AvgIpc) is 2.67. The number of nitrogens with one attached hydrogen (secondary N) is 1. The molecule has 2 rings (SSSR count). The first-order valence-electron chi connectivity index (χ1n) is 10.5. The number of imide groups is 1. The van der Waals surface area contributed by atoms with Crippen LogP contribution in [0.25, 0.3) is 0 Å². The lowest BCUT2D eigenvalue weighted by atomic mass is 9.56. The van der Waals surface area contributed by atoms with E-state index in [-0.39, 0.29) is 44.5 Å². The molecule has 9 heteroatoms. The lowest BCUT2D eigenvalue weighted by Crippen LogP contribution is -2.68. The molecule has 6 nitrogen and oxygen atoms in total. The van der Waals surface area contributed by atoms with Crippen LogP contribution in [0.1, 0.15) is 57.1 Å². The molecule has 1 aliphatic rings. The van der Waals surface area contributed by atoms with E-state index < -0.39 is 35.6 Å². The summed E-state index contributed by atoms with van der Waals surface area (Å²) < 4.78 is 38.5. The third-order valence-electron chi connectivity index (χ3n) is 6.63. The Hall–Kier alpha value is -2.13. The first-order chi connectivity index (χ1) is 14.4. The molecule has 31 heavy (non-hydrogen) atoms. The second-order valence-electron chi connectivity index (χ2n) is 8.44. The number of halogens is 3. The summed E-state index contributed by atoms with van der Waals surface area (Å²) in [5.41, 5.74) is -1.45. The molecule has 3 atom stereocenters. The van der Waals surface area contributed by atoms with Crippen LogP contribution in [-0.4, -0.2) is 58.3 Å². The molecule has 0 aliphatic carbocycles. The van der Waals surface area contributed by atoms with Crippen LogP contribution >= 0.6 is 0 Å². The number of rotatable bonds is 8. The standard InChI is InChI=1S/C22H31F3N2O4/c1-4-7-21(31)16(3)27(11-9-22(23,24)25)10-8-20(21,13-19(30)26-14-28)18-12-17(29)6-5-15(18)2/h5-6,12,14,16,29,31H,4,7-11,13H2,1-3H3,(H,26,28,30). The van der Waals surface area contributed by atoms with Gasteiger partial charge in [0, 0.05) is 24.4 Å². The van der Waals surface area contributed by atoms with Crippen molar-refractivity contribution >= 4 is 12.3 Å². The number of nitrogens with zero attached hydrogens (tertiary/aromatic N) is 1. The highest BCUT2D eigenvalue weighted by Crippen LogP contribution is 2.52. The number of likely N-dealkylation sites (tertiary alicyclic amines) is 1. The zero-order chi connectivity index (χ0) is 23.4. The van der Waals surface area contributed by atoms with Gasteiger partial charge in [-0.2, -0.15) is 13.2 Å². The Morgan fingerprint density at radius 3 is 2.65 bits per heavy atom. The van der Waals surface area contributed by atoms with Crippen LogP contribution in [0.15, 0.2) is 18.2 Å². The number of carbonyl (C=O) groups is 2. The smallest absolute Gasteiger partial charge is 0.390 e. The minimum absolute atomic E-state index is 0.0400. The quantitative estimate of drug-likeness (QED) is 0.536. The second-order valence-corrected chi connectivity index (χ2v) is 8.44. The summed E-state index contributed by atoms with van der Waals surface area (Å²) in [5, 5.41) is 24.3. The number of carbonyl (C=O) groups excluding carboxylic acids is 2. The van der Waals surface area contributed by atoms with E-state index in [4.69, 9.17) is 0 Å². The molecule has 0 aromatic heterocycles. The SMILES string of the molecule is CCCC1(O)C(C)N(CCC(F)(F)F)CCC1(CC(=O)NC=O)c1cc(O)ccc1C. The Labute approximate surface area is 180 Å². The fraction of sp³-hybridized carbons (Fsp3) is 0.636. The van der Waals surface area contributed by atoms with Crippen molar-refractivity contribution < 1.29 is 33.0 Å². The van der Waals surface area contributed by atoms with E-state index in [1.54, 1.807) is 24.8 Å². The molecule has 0 spiro atoms. The fourth-order valence-corrected chi connectivity index (χ4v) is 5.07. The summed E-state index contributed by atoms with van der Waals surface area (Å²) in [6.45, 7) is 5.29. The second kappa shape index (κ2) is 9.56. The van der Waals surface area contributed by atoms with Crippen molar-refractivity contribution in [3.8, 4) is 5.75 Å². The number of aryl methyl sites for hydroxylation is 1. The number of aliphatic hydroxyl groups is 1. The van der Waals surface area contributed by atoms with Crippen LogP contribution in [0.2, 0.25) is 0 Å². The number of piperidine rings is 1. The highest BCUT2D eigenvalue weighted by Gasteiger charge is 2.59. The molecular formula is C22H31F3N2O4. The van der Waals surface area contributed by atoms with Crippen molar-refractivity contribution in [2.24, 2.45) is 0 Å². The van der Waals surface area contributed by atoms with Crippen molar-refractivity contribution in [1.82, 2.24) is 10.2 Å². The van der Waals surface area contributed by atoms with E-state index in [1.807, 2.05) is 6.92 Å². The summed E-state index contributed by atoms with van der Waals surface area (Å²) in [6.07, 6.45) is -4.31. The van der Waals surface area contributed by atoms with Crippen LogP contribution in [0.3, 0.4) is 0 Å². The van der Waals surface area contributed by atoms with E-state index in [9.17, 15) is 33.0 Å². The van der Waals surface area contributed by atoms with E-state index in [0.717, 1.165) is 5.56 Å². The molecule has 0 radical (unpaired) electrons. The van der Waals surface area contributed by atoms with Gasteiger partial charge in [0.05, 0.1) is 12.0 Å². The first kappa shape index (κ1) is 25.1. The molecule has 0 bridgehead atoms. The molecule has 1 aliphatic heterocycles. The molecule has 1 saturated heterocycles. The molecule has 1 aromatic carbocycles. The Kier molecular flexibility index (Phi) is 7.75. The topological polar surface area (TPSA) is 89.9 Å². The number of amides is 2. The molecule has 1 heterocycles. The lowest BCUT2D eigenvalue weighted by molar-refractivity contribution is -0.166. The summed E-state index contributed by atoms with van der Waals surface area (Å²) in [5.74, 6) is -0.634. The largest absolute Gasteiger partial charge is 0.508 e. The zero-order valence-corrected chi connectivity index (χ0v) is 18.1. The van der Waals surface area contributed by atoms with Crippen molar-refractivity contribution in [1.29, 1.82) is 0 Å². The third kappa shape index (κ3) is 5.20. The van der Waals surface area contributed by atoms with Gasteiger partial charge in [0.1, 0.15) is 5.75 Å². The molecule has 3 N–H and O–H groups in total.